The summed E-state index contributed by atoms with van der Waals surface area (Å²) in [5.41, 5.74) is -2.15. The number of esters is 1. The summed E-state index contributed by atoms with van der Waals surface area (Å²) in [5, 5.41) is 64.6. The molecule has 17 atom stereocenters. The highest BCUT2D eigenvalue weighted by Gasteiger charge is 2.74. The van der Waals surface area contributed by atoms with Crippen LogP contribution in [0.25, 0.3) is 0 Å². The van der Waals surface area contributed by atoms with Crippen LogP contribution < -0.4 is 0 Å². The summed E-state index contributed by atoms with van der Waals surface area (Å²) in [5.74, 6) is -1.61. The smallest absolute Gasteiger partial charge is 0.307 e. The molecule has 0 aromatic carbocycles. The molecule has 3 saturated carbocycles. The fraction of sp³-hybridized carbons (Fsp3) is 0.895. The lowest BCUT2D eigenvalue weighted by Gasteiger charge is -2.71. The fourth-order valence-corrected chi connectivity index (χ4v) is 12.5. The van der Waals surface area contributed by atoms with Crippen LogP contribution in [0.4, 0.5) is 0 Å². The van der Waals surface area contributed by atoms with Crippen LogP contribution in [0.3, 0.4) is 0 Å². The third kappa shape index (κ3) is 5.13. The van der Waals surface area contributed by atoms with Crippen molar-refractivity contribution < 1.29 is 59.2 Å². The predicted molar refractivity (Wildman–Crippen MR) is 179 cm³/mol. The number of hydrogen-bond acceptors (Lipinski definition) is 11. The average Bonchev–Trinajstić information content (AvgIpc) is 3.04. The quantitative estimate of drug-likeness (QED) is 0.129. The Balaban J connectivity index is 1.42. The van der Waals surface area contributed by atoms with E-state index in [0.29, 0.717) is 18.8 Å². The van der Waals surface area contributed by atoms with Crippen LogP contribution in [0.1, 0.15) is 93.9 Å². The molecular weight excluding hydrogens is 648 g/mol. The zero-order valence-corrected chi connectivity index (χ0v) is 30.9. The van der Waals surface area contributed by atoms with E-state index >= 15 is 0 Å². The van der Waals surface area contributed by atoms with Crippen molar-refractivity contribution in [2.75, 3.05) is 13.2 Å². The number of aliphatic hydroxyl groups excluding tert-OH is 5. The molecule has 0 amide bonds. The Morgan fingerprint density at radius 2 is 1.66 bits per heavy atom. The van der Waals surface area contributed by atoms with Crippen LogP contribution in [-0.4, -0.2) is 105 Å². The second-order valence-electron chi connectivity index (χ2n) is 18.0. The van der Waals surface area contributed by atoms with Crippen molar-refractivity contribution >= 4 is 11.9 Å². The summed E-state index contributed by atoms with van der Waals surface area (Å²) in [4.78, 5) is 26.1. The van der Waals surface area contributed by atoms with E-state index in [0.717, 1.165) is 24.8 Å². The number of aliphatic hydroxyl groups is 5. The van der Waals surface area contributed by atoms with Gasteiger partial charge in [0.2, 0.25) is 0 Å². The van der Waals surface area contributed by atoms with Gasteiger partial charge in [-0.2, -0.15) is 0 Å². The molecule has 6 aliphatic rings. The predicted octanol–water partition coefficient (Wildman–Crippen LogP) is 3.01. The van der Waals surface area contributed by atoms with Gasteiger partial charge in [0.25, 0.3) is 0 Å². The number of hydrogen-bond donors (Lipinski definition) is 6. The number of fused-ring (bicyclic) bond motifs is 3. The molecule has 4 aliphatic carbocycles. The summed E-state index contributed by atoms with van der Waals surface area (Å²) in [7, 11) is 0. The standard InChI is InChI=1S/C38H60O12/c1-18(2)19(3)34(5)13-14-36(7)21-9-10-25-35(6)17-47-33(46)38(25,22(21)11-12-37(36,8)29(34)31(44)45)15-23(48-20(4)40)30(35)50-32-28(43)27(42)26(41)24(16-39)49-32/h11,18-19,21,23-30,32-33,39,41-43,46H,9-10,12-17H2,1-8H3,(H,44,45)/t19-,21+,23-,24?,25+,26-,27+,28?,29-,30+,32+,33?,34-,35+,36-,37+,38+/m1/s1. The summed E-state index contributed by atoms with van der Waals surface area (Å²) < 4.78 is 24.5. The second kappa shape index (κ2) is 12.7. The van der Waals surface area contributed by atoms with Gasteiger partial charge in [-0.05, 0) is 72.0 Å². The third-order valence-electron chi connectivity index (χ3n) is 15.6. The first kappa shape index (κ1) is 38.1. The van der Waals surface area contributed by atoms with Gasteiger partial charge < -0.3 is 49.6 Å². The Morgan fingerprint density at radius 3 is 2.26 bits per heavy atom. The van der Waals surface area contributed by atoms with Gasteiger partial charge in [-0.15, -0.1) is 0 Å². The average molecular weight is 709 g/mol. The molecule has 2 aliphatic heterocycles. The van der Waals surface area contributed by atoms with Crippen LogP contribution in [-0.2, 0) is 28.5 Å². The summed E-state index contributed by atoms with van der Waals surface area (Å²) >= 11 is 0. The first-order valence-corrected chi connectivity index (χ1v) is 18.6. The maximum Gasteiger partial charge on any atom is 0.307 e. The lowest BCUT2D eigenvalue weighted by Crippen LogP contribution is -2.73. The molecule has 0 radical (unpaired) electrons. The SMILES string of the molecule is CC(=O)O[C@@H]1C[C@]23C4=CC[C@@]5(C)[C@H](C(=O)O)[C@@](C)([C@H](C)C(C)C)CC[C@]5(C)[C@H]4CC[C@H]2[C@](C)(COC3O)[C@H]1O[C@@H]1OC(CO)[C@@H](O)[C@H](O)C1O. The van der Waals surface area contributed by atoms with Crippen molar-refractivity contribution in [3.63, 3.8) is 0 Å². The van der Waals surface area contributed by atoms with E-state index in [1.54, 1.807) is 0 Å². The molecule has 284 valence electrons. The molecule has 0 spiro atoms. The van der Waals surface area contributed by atoms with Crippen LogP contribution in [0.2, 0.25) is 0 Å². The number of carboxylic acids is 1. The van der Waals surface area contributed by atoms with Gasteiger partial charge in [0.1, 0.15) is 36.6 Å². The van der Waals surface area contributed by atoms with Gasteiger partial charge in [0.15, 0.2) is 12.6 Å². The van der Waals surface area contributed by atoms with E-state index in [4.69, 9.17) is 18.9 Å². The van der Waals surface area contributed by atoms with E-state index in [2.05, 4.69) is 47.6 Å². The number of carboxylic acid groups (broad SMARTS) is 1. The van der Waals surface area contributed by atoms with Crippen LogP contribution in [0.5, 0.6) is 0 Å². The summed E-state index contributed by atoms with van der Waals surface area (Å²) in [6, 6.07) is 0. The van der Waals surface area contributed by atoms with Gasteiger partial charge in [-0.3, -0.25) is 9.59 Å². The minimum Gasteiger partial charge on any atom is -0.481 e. The second-order valence-corrected chi connectivity index (χ2v) is 18.0. The van der Waals surface area contributed by atoms with Crippen molar-refractivity contribution in [1.82, 2.24) is 0 Å². The van der Waals surface area contributed by atoms with Gasteiger partial charge in [-0.1, -0.05) is 60.1 Å². The van der Waals surface area contributed by atoms with E-state index in [1.165, 1.54) is 6.92 Å². The monoisotopic (exact) mass is 708 g/mol. The normalized spacial score (nSPS) is 52.2. The molecule has 0 aromatic heterocycles. The lowest BCUT2D eigenvalue weighted by molar-refractivity contribution is -0.369. The molecule has 3 unspecified atom stereocenters. The number of ether oxygens (including phenoxy) is 4. The van der Waals surface area contributed by atoms with Gasteiger partial charge in [-0.25, -0.2) is 0 Å². The Hall–Kier alpha value is -1.64. The van der Waals surface area contributed by atoms with Crippen LogP contribution in [0.15, 0.2) is 11.6 Å². The van der Waals surface area contributed by atoms with E-state index in [9.17, 15) is 40.2 Å². The number of aliphatic carboxylic acids is 1. The molecule has 0 aromatic rings. The number of allylic oxidation sites excluding steroid dienone is 1. The Morgan fingerprint density at radius 1 is 0.980 bits per heavy atom. The van der Waals surface area contributed by atoms with Crippen molar-refractivity contribution in [3.05, 3.63) is 11.6 Å². The first-order valence-electron chi connectivity index (χ1n) is 18.6. The van der Waals surface area contributed by atoms with E-state index in [-0.39, 0.29) is 30.8 Å². The Kier molecular flexibility index (Phi) is 9.71. The topological polar surface area (TPSA) is 192 Å². The molecule has 2 bridgehead atoms. The van der Waals surface area contributed by atoms with Gasteiger partial charge >= 0.3 is 11.9 Å². The Bertz CT molecular complexity index is 1370. The molecule has 12 heteroatoms. The molecule has 6 rings (SSSR count). The number of carbonyl (C=O) groups is 2. The molecule has 12 nitrogen and oxygen atoms in total. The van der Waals surface area contributed by atoms with E-state index in [1.807, 2.05) is 6.92 Å². The fourth-order valence-electron chi connectivity index (χ4n) is 12.5. The number of carbonyl (C=O) groups excluding carboxylic acids is 1. The highest BCUT2D eigenvalue weighted by Crippen LogP contribution is 2.75. The Labute approximate surface area is 295 Å². The number of rotatable bonds is 7. The molecule has 50 heavy (non-hydrogen) atoms. The third-order valence-corrected chi connectivity index (χ3v) is 15.6. The van der Waals surface area contributed by atoms with Crippen molar-refractivity contribution in [2.24, 2.45) is 56.7 Å². The molecule has 2 heterocycles. The van der Waals surface area contributed by atoms with Crippen molar-refractivity contribution in [1.29, 1.82) is 0 Å². The highest BCUT2D eigenvalue weighted by atomic mass is 16.7. The van der Waals surface area contributed by atoms with Crippen LogP contribution in [0, 0.1) is 56.7 Å². The lowest BCUT2D eigenvalue weighted by atomic mass is 9.34. The van der Waals surface area contributed by atoms with Crippen LogP contribution >= 0.6 is 0 Å². The van der Waals surface area contributed by atoms with Gasteiger partial charge in [0, 0.05) is 24.2 Å². The zero-order chi connectivity index (χ0) is 36.9. The van der Waals surface area contributed by atoms with Crippen molar-refractivity contribution in [2.45, 2.75) is 143 Å². The highest BCUT2D eigenvalue weighted by molar-refractivity contribution is 5.73. The summed E-state index contributed by atoms with van der Waals surface area (Å²) in [6.07, 6.45) is -4.59. The van der Waals surface area contributed by atoms with E-state index < -0.39 is 101 Å². The van der Waals surface area contributed by atoms with Gasteiger partial charge in [0.05, 0.1) is 19.1 Å². The molecule has 5 fully saturated rings. The zero-order valence-electron chi connectivity index (χ0n) is 30.9. The molecule has 6 N–H and O–H groups in total. The summed E-state index contributed by atoms with van der Waals surface area (Å²) in [6.45, 7) is 15.8. The maximum absolute atomic E-state index is 13.4. The largest absolute Gasteiger partial charge is 0.481 e. The first-order chi connectivity index (χ1) is 23.2. The molecule has 2 saturated heterocycles. The van der Waals surface area contributed by atoms with Crippen molar-refractivity contribution in [3.8, 4) is 0 Å². The molecular formula is C38H60O12. The minimum absolute atomic E-state index is 0.0419. The maximum atomic E-state index is 13.4. The minimum atomic E-state index is -1.65.